The number of aliphatic hydroxyl groups is 1. The Kier molecular flexibility index (Phi) is 4.58. The Hall–Kier alpha value is -3.58. The van der Waals surface area contributed by atoms with E-state index in [1.165, 1.54) is 11.1 Å². The van der Waals surface area contributed by atoms with E-state index in [0.29, 0.717) is 5.56 Å². The number of aromatic nitrogens is 4. The molecule has 0 aliphatic heterocycles. The zero-order valence-electron chi connectivity index (χ0n) is 15.5. The maximum atomic E-state index is 12.1. The van der Waals surface area contributed by atoms with Gasteiger partial charge in [0, 0.05) is 84.5 Å². The molecule has 0 aromatic carbocycles. The maximum absolute atomic E-state index is 12.1. The van der Waals surface area contributed by atoms with Gasteiger partial charge in [0.25, 0.3) is 5.91 Å². The van der Waals surface area contributed by atoms with Crippen LogP contribution in [-0.4, -0.2) is 49.9 Å². The van der Waals surface area contributed by atoms with Crippen molar-refractivity contribution >= 4 is 16.9 Å². The van der Waals surface area contributed by atoms with Gasteiger partial charge in [0.05, 0.1) is 0 Å². The minimum atomic E-state index is -1.25. The molecule has 1 amide bonds. The number of rotatable bonds is 4. The molecule has 0 fully saturated rings. The molecule has 7 nitrogen and oxygen atoms in total. The van der Waals surface area contributed by atoms with Gasteiger partial charge in [-0.05, 0) is 18.2 Å². The number of carbonyl (C=O) groups excluding carboxylic acids is 1. The summed E-state index contributed by atoms with van der Waals surface area (Å²) in [5.74, 6) is -0.392. The molecule has 0 spiro atoms. The van der Waals surface area contributed by atoms with Crippen LogP contribution in [0.25, 0.3) is 33.3 Å². The average Bonchev–Trinajstić information content (AvgIpc) is 3.16. The minimum absolute atomic E-state index is 0.392. The number of likely N-dealkylation sites (N-methyl/N-ethyl adjacent to an activating group) is 1. The smallest absolute Gasteiger partial charge is 0.255 e. The first-order chi connectivity index (χ1) is 13.5. The van der Waals surface area contributed by atoms with Crippen molar-refractivity contribution in [1.82, 2.24) is 24.8 Å². The molecular weight excluding hydrogens is 354 g/mol. The Morgan fingerprint density at radius 1 is 1.07 bits per heavy atom. The number of carbonyl (C=O) groups is 1. The number of amides is 1. The number of aliphatic hydroxyl groups excluding tert-OH is 1. The number of hydrogen-bond donors (Lipinski definition) is 2. The van der Waals surface area contributed by atoms with E-state index < -0.39 is 12.0 Å². The van der Waals surface area contributed by atoms with Gasteiger partial charge in [-0.2, -0.15) is 0 Å². The summed E-state index contributed by atoms with van der Waals surface area (Å²) in [6, 6.07) is 7.66. The standard InChI is InChI=1S/C21H19N5O2/c1-26(2)21(28)19(27)16-6-14(9-23-10-16)15-7-17-18(12-25-20(17)24-11-15)13-4-3-5-22-8-13/h3-12,19,27H,1-2H3,(H,24,25). The van der Waals surface area contributed by atoms with Gasteiger partial charge in [0.2, 0.25) is 0 Å². The lowest BCUT2D eigenvalue weighted by atomic mass is 10.0. The van der Waals surface area contributed by atoms with Crippen LogP contribution in [0, 0.1) is 0 Å². The fraction of sp³-hybridized carbons (Fsp3) is 0.143. The highest BCUT2D eigenvalue weighted by Gasteiger charge is 2.20. The van der Waals surface area contributed by atoms with Gasteiger partial charge in [-0.1, -0.05) is 6.07 Å². The van der Waals surface area contributed by atoms with Crippen molar-refractivity contribution in [1.29, 1.82) is 0 Å². The zero-order chi connectivity index (χ0) is 19.7. The van der Waals surface area contributed by atoms with Crippen molar-refractivity contribution < 1.29 is 9.90 Å². The van der Waals surface area contributed by atoms with Crippen LogP contribution in [0.5, 0.6) is 0 Å². The van der Waals surface area contributed by atoms with Crippen LogP contribution in [-0.2, 0) is 4.79 Å². The monoisotopic (exact) mass is 373 g/mol. The second-order valence-electron chi connectivity index (χ2n) is 6.71. The zero-order valence-corrected chi connectivity index (χ0v) is 15.5. The summed E-state index contributed by atoms with van der Waals surface area (Å²) in [6.45, 7) is 0. The molecular formula is C21H19N5O2. The van der Waals surface area contributed by atoms with Crippen LogP contribution in [0.1, 0.15) is 11.7 Å². The third kappa shape index (κ3) is 3.23. The summed E-state index contributed by atoms with van der Waals surface area (Å²) in [4.78, 5) is 29.5. The summed E-state index contributed by atoms with van der Waals surface area (Å²) < 4.78 is 0. The SMILES string of the molecule is CN(C)C(=O)C(O)c1cncc(-c2cnc3[nH]cc(-c4cccnc4)c3c2)c1. The van der Waals surface area contributed by atoms with E-state index in [9.17, 15) is 9.90 Å². The maximum Gasteiger partial charge on any atom is 0.255 e. The summed E-state index contributed by atoms with van der Waals surface area (Å²) in [5, 5.41) is 11.3. The molecule has 4 aromatic heterocycles. The molecule has 4 rings (SSSR count). The average molecular weight is 373 g/mol. The quantitative estimate of drug-likeness (QED) is 0.574. The molecule has 4 heterocycles. The van der Waals surface area contributed by atoms with E-state index in [0.717, 1.165) is 33.3 Å². The van der Waals surface area contributed by atoms with Gasteiger partial charge in [-0.25, -0.2) is 4.98 Å². The van der Waals surface area contributed by atoms with Crippen LogP contribution in [0.4, 0.5) is 0 Å². The predicted octanol–water partition coefficient (Wildman–Crippen LogP) is 2.81. The van der Waals surface area contributed by atoms with Crippen molar-refractivity contribution in [3.05, 3.63) is 67.0 Å². The van der Waals surface area contributed by atoms with Crippen LogP contribution < -0.4 is 0 Å². The Morgan fingerprint density at radius 3 is 2.61 bits per heavy atom. The first kappa shape index (κ1) is 17.8. The molecule has 0 aliphatic rings. The van der Waals surface area contributed by atoms with E-state index in [4.69, 9.17) is 0 Å². The third-order valence-electron chi connectivity index (χ3n) is 4.59. The van der Waals surface area contributed by atoms with Gasteiger partial charge < -0.3 is 15.0 Å². The first-order valence-corrected chi connectivity index (χ1v) is 8.76. The first-order valence-electron chi connectivity index (χ1n) is 8.76. The van der Waals surface area contributed by atoms with E-state index in [2.05, 4.69) is 19.9 Å². The second-order valence-corrected chi connectivity index (χ2v) is 6.71. The molecule has 0 radical (unpaired) electrons. The second kappa shape index (κ2) is 7.21. The molecule has 28 heavy (non-hydrogen) atoms. The molecule has 2 N–H and O–H groups in total. The van der Waals surface area contributed by atoms with Crippen molar-refractivity contribution in [2.45, 2.75) is 6.10 Å². The largest absolute Gasteiger partial charge is 0.378 e. The van der Waals surface area contributed by atoms with Gasteiger partial charge in [-0.3, -0.25) is 14.8 Å². The van der Waals surface area contributed by atoms with Crippen LogP contribution in [0.3, 0.4) is 0 Å². The number of fused-ring (bicyclic) bond motifs is 1. The fourth-order valence-electron chi connectivity index (χ4n) is 3.07. The van der Waals surface area contributed by atoms with Crippen molar-refractivity contribution in [3.63, 3.8) is 0 Å². The van der Waals surface area contributed by atoms with Crippen LogP contribution in [0.2, 0.25) is 0 Å². The van der Waals surface area contributed by atoms with E-state index in [1.54, 1.807) is 44.9 Å². The predicted molar refractivity (Wildman–Crippen MR) is 106 cm³/mol. The van der Waals surface area contributed by atoms with Crippen molar-refractivity contribution in [2.24, 2.45) is 0 Å². The topological polar surface area (TPSA) is 95.0 Å². The molecule has 0 saturated carbocycles. The molecule has 0 saturated heterocycles. The molecule has 1 unspecified atom stereocenters. The molecule has 1 atom stereocenters. The van der Waals surface area contributed by atoms with Gasteiger partial charge in [0.15, 0.2) is 6.10 Å². The number of H-pyrrole nitrogens is 1. The Bertz CT molecular complexity index is 1140. The Labute approximate surface area is 161 Å². The molecule has 0 aliphatic carbocycles. The van der Waals surface area contributed by atoms with Crippen molar-refractivity contribution in [3.8, 4) is 22.3 Å². The van der Waals surface area contributed by atoms with Crippen LogP contribution >= 0.6 is 0 Å². The van der Waals surface area contributed by atoms with Gasteiger partial charge in [0.1, 0.15) is 5.65 Å². The number of aromatic amines is 1. The normalized spacial score (nSPS) is 12.1. The van der Waals surface area contributed by atoms with Crippen molar-refractivity contribution in [2.75, 3.05) is 14.1 Å². The molecule has 0 bridgehead atoms. The van der Waals surface area contributed by atoms with Gasteiger partial charge in [-0.15, -0.1) is 0 Å². The van der Waals surface area contributed by atoms with E-state index >= 15 is 0 Å². The summed E-state index contributed by atoms with van der Waals surface area (Å²) in [6.07, 6.45) is 9.13. The third-order valence-corrected chi connectivity index (χ3v) is 4.59. The summed E-state index contributed by atoms with van der Waals surface area (Å²) in [7, 11) is 3.21. The highest BCUT2D eigenvalue weighted by Crippen LogP contribution is 2.31. The molecule has 7 heteroatoms. The Balaban J connectivity index is 1.76. The summed E-state index contributed by atoms with van der Waals surface area (Å²) in [5.41, 5.74) is 4.83. The fourth-order valence-corrected chi connectivity index (χ4v) is 3.07. The lowest BCUT2D eigenvalue weighted by Gasteiger charge is -2.16. The van der Waals surface area contributed by atoms with E-state index in [-0.39, 0.29) is 0 Å². The number of pyridine rings is 3. The molecule has 140 valence electrons. The minimum Gasteiger partial charge on any atom is -0.378 e. The lowest BCUT2D eigenvalue weighted by molar-refractivity contribution is -0.137. The van der Waals surface area contributed by atoms with Crippen LogP contribution in [0.15, 0.2) is 61.4 Å². The van der Waals surface area contributed by atoms with E-state index in [1.807, 2.05) is 24.4 Å². The Morgan fingerprint density at radius 2 is 1.86 bits per heavy atom. The summed E-state index contributed by atoms with van der Waals surface area (Å²) >= 11 is 0. The number of nitrogens with zero attached hydrogens (tertiary/aromatic N) is 4. The highest BCUT2D eigenvalue weighted by atomic mass is 16.3. The number of nitrogens with one attached hydrogen (secondary N) is 1. The highest BCUT2D eigenvalue weighted by molar-refractivity contribution is 5.95. The molecule has 4 aromatic rings. The lowest BCUT2D eigenvalue weighted by Crippen LogP contribution is -2.28. The van der Waals surface area contributed by atoms with Gasteiger partial charge >= 0.3 is 0 Å². The number of hydrogen-bond acceptors (Lipinski definition) is 5.